The Bertz CT molecular complexity index is 278. The third kappa shape index (κ3) is 3.45. The number of halogens is 1. The van der Waals surface area contributed by atoms with Crippen LogP contribution >= 0.6 is 15.9 Å². The van der Waals surface area contributed by atoms with Crippen LogP contribution in [0.15, 0.2) is 24.3 Å². The average molecular weight is 255 g/mol. The van der Waals surface area contributed by atoms with Gasteiger partial charge in [-0.1, -0.05) is 59.6 Å². The van der Waals surface area contributed by atoms with E-state index in [4.69, 9.17) is 0 Å². The number of alkyl halides is 1. The van der Waals surface area contributed by atoms with E-state index in [1.807, 2.05) is 0 Å². The second-order valence-electron chi connectivity index (χ2n) is 4.39. The molecule has 14 heavy (non-hydrogen) atoms. The van der Waals surface area contributed by atoms with Crippen molar-refractivity contribution in [3.05, 3.63) is 35.4 Å². The van der Waals surface area contributed by atoms with E-state index in [1.54, 1.807) is 0 Å². The van der Waals surface area contributed by atoms with Crippen LogP contribution in [-0.2, 0) is 0 Å². The van der Waals surface area contributed by atoms with Crippen molar-refractivity contribution < 1.29 is 0 Å². The van der Waals surface area contributed by atoms with Crippen LogP contribution in [0.4, 0.5) is 0 Å². The van der Waals surface area contributed by atoms with Crippen molar-refractivity contribution in [2.45, 2.75) is 33.1 Å². The molecule has 0 heterocycles. The fourth-order valence-corrected chi connectivity index (χ4v) is 2.42. The number of rotatable bonds is 4. The molecule has 0 aliphatic carbocycles. The SMILES string of the molecule is Cc1cccc(C(CBr)CC(C)C)c1. The van der Waals surface area contributed by atoms with Crippen molar-refractivity contribution in [3.63, 3.8) is 0 Å². The highest BCUT2D eigenvalue weighted by molar-refractivity contribution is 9.09. The van der Waals surface area contributed by atoms with Gasteiger partial charge in [0.25, 0.3) is 0 Å². The molecule has 1 heteroatoms. The van der Waals surface area contributed by atoms with Crippen LogP contribution in [0.2, 0.25) is 0 Å². The molecule has 0 aliphatic rings. The molecule has 0 radical (unpaired) electrons. The molecule has 0 bridgehead atoms. The lowest BCUT2D eigenvalue weighted by Gasteiger charge is -2.17. The summed E-state index contributed by atoms with van der Waals surface area (Å²) in [4.78, 5) is 0. The zero-order valence-corrected chi connectivity index (χ0v) is 10.8. The third-order valence-corrected chi connectivity index (χ3v) is 3.24. The van der Waals surface area contributed by atoms with Crippen LogP contribution in [-0.4, -0.2) is 5.33 Å². The first-order valence-corrected chi connectivity index (χ1v) is 6.38. The second-order valence-corrected chi connectivity index (χ2v) is 5.04. The molecular weight excluding hydrogens is 236 g/mol. The molecule has 0 spiro atoms. The van der Waals surface area contributed by atoms with Gasteiger partial charge in [0.1, 0.15) is 0 Å². The Morgan fingerprint density at radius 2 is 2.00 bits per heavy atom. The quantitative estimate of drug-likeness (QED) is 0.694. The lowest BCUT2D eigenvalue weighted by Crippen LogP contribution is -2.04. The van der Waals surface area contributed by atoms with Gasteiger partial charge >= 0.3 is 0 Å². The van der Waals surface area contributed by atoms with E-state index in [1.165, 1.54) is 17.5 Å². The van der Waals surface area contributed by atoms with E-state index in [-0.39, 0.29) is 0 Å². The predicted octanol–water partition coefficient (Wildman–Crippen LogP) is 4.52. The van der Waals surface area contributed by atoms with Gasteiger partial charge in [0.05, 0.1) is 0 Å². The highest BCUT2D eigenvalue weighted by Gasteiger charge is 2.11. The molecule has 0 aromatic heterocycles. The Morgan fingerprint density at radius 1 is 1.29 bits per heavy atom. The molecule has 1 aromatic rings. The average Bonchev–Trinajstić information content (AvgIpc) is 2.14. The van der Waals surface area contributed by atoms with E-state index >= 15 is 0 Å². The van der Waals surface area contributed by atoms with Gasteiger partial charge < -0.3 is 0 Å². The van der Waals surface area contributed by atoms with Crippen molar-refractivity contribution in [3.8, 4) is 0 Å². The van der Waals surface area contributed by atoms with Crippen molar-refractivity contribution >= 4 is 15.9 Å². The summed E-state index contributed by atoms with van der Waals surface area (Å²) in [5.41, 5.74) is 2.83. The largest absolute Gasteiger partial charge is 0.0921 e. The molecule has 0 aliphatic heterocycles. The minimum Gasteiger partial charge on any atom is -0.0921 e. The second kappa shape index (κ2) is 5.55. The minimum atomic E-state index is 0.662. The molecule has 0 saturated heterocycles. The number of hydrogen-bond donors (Lipinski definition) is 0. The molecule has 1 unspecified atom stereocenters. The summed E-state index contributed by atoms with van der Waals surface area (Å²) in [5, 5.41) is 1.06. The molecule has 1 atom stereocenters. The standard InChI is InChI=1S/C13H19Br/c1-10(2)7-13(9-14)12-6-4-5-11(3)8-12/h4-6,8,10,13H,7,9H2,1-3H3. The first kappa shape index (κ1) is 11.8. The summed E-state index contributed by atoms with van der Waals surface area (Å²) in [7, 11) is 0. The molecule has 0 saturated carbocycles. The van der Waals surface area contributed by atoms with E-state index in [9.17, 15) is 0 Å². The van der Waals surface area contributed by atoms with Crippen LogP contribution in [0.1, 0.15) is 37.3 Å². The number of benzene rings is 1. The zero-order valence-electron chi connectivity index (χ0n) is 9.26. The van der Waals surface area contributed by atoms with Crippen LogP contribution in [0.3, 0.4) is 0 Å². The van der Waals surface area contributed by atoms with Crippen molar-refractivity contribution in [2.24, 2.45) is 5.92 Å². The Labute approximate surface area is 95.9 Å². The maximum Gasteiger partial charge on any atom is 0.0100 e. The van der Waals surface area contributed by atoms with E-state index in [0.717, 1.165) is 11.2 Å². The first-order chi connectivity index (χ1) is 6.63. The Balaban J connectivity index is 2.78. The van der Waals surface area contributed by atoms with Crippen molar-refractivity contribution in [2.75, 3.05) is 5.33 Å². The summed E-state index contributed by atoms with van der Waals surface area (Å²) in [6, 6.07) is 8.85. The summed E-state index contributed by atoms with van der Waals surface area (Å²) in [5.74, 6) is 1.42. The Morgan fingerprint density at radius 3 is 2.50 bits per heavy atom. The molecule has 0 nitrogen and oxygen atoms in total. The van der Waals surface area contributed by atoms with Crippen LogP contribution < -0.4 is 0 Å². The molecule has 1 aromatic carbocycles. The Kier molecular flexibility index (Phi) is 4.67. The van der Waals surface area contributed by atoms with Crippen LogP contribution in [0, 0.1) is 12.8 Å². The summed E-state index contributed by atoms with van der Waals surface area (Å²) in [6.45, 7) is 6.72. The van der Waals surface area contributed by atoms with E-state index in [0.29, 0.717) is 5.92 Å². The monoisotopic (exact) mass is 254 g/mol. The third-order valence-electron chi connectivity index (χ3n) is 2.46. The van der Waals surface area contributed by atoms with Gasteiger partial charge in [-0.15, -0.1) is 0 Å². The fraction of sp³-hybridized carbons (Fsp3) is 0.538. The molecule has 1 rings (SSSR count). The van der Waals surface area contributed by atoms with Gasteiger partial charge in [-0.2, -0.15) is 0 Å². The summed E-state index contributed by atoms with van der Waals surface area (Å²) < 4.78 is 0. The van der Waals surface area contributed by atoms with E-state index < -0.39 is 0 Å². The molecule has 0 N–H and O–H groups in total. The maximum absolute atomic E-state index is 3.61. The van der Waals surface area contributed by atoms with Gasteiger partial charge in [0.15, 0.2) is 0 Å². The smallest absolute Gasteiger partial charge is 0.0100 e. The molecular formula is C13H19Br. The van der Waals surface area contributed by atoms with Gasteiger partial charge in [-0.25, -0.2) is 0 Å². The van der Waals surface area contributed by atoms with E-state index in [2.05, 4.69) is 61.0 Å². The Hall–Kier alpha value is -0.300. The first-order valence-electron chi connectivity index (χ1n) is 5.26. The minimum absolute atomic E-state index is 0.662. The van der Waals surface area contributed by atoms with Crippen LogP contribution in [0.25, 0.3) is 0 Å². The van der Waals surface area contributed by atoms with Gasteiger partial charge in [-0.3, -0.25) is 0 Å². The highest BCUT2D eigenvalue weighted by atomic mass is 79.9. The topological polar surface area (TPSA) is 0 Å². The molecule has 78 valence electrons. The molecule has 0 amide bonds. The van der Waals surface area contributed by atoms with Gasteiger partial charge in [-0.05, 0) is 30.7 Å². The lowest BCUT2D eigenvalue weighted by molar-refractivity contribution is 0.529. The normalized spacial score (nSPS) is 13.2. The van der Waals surface area contributed by atoms with Gasteiger partial charge in [0, 0.05) is 5.33 Å². The number of hydrogen-bond acceptors (Lipinski definition) is 0. The predicted molar refractivity (Wildman–Crippen MR) is 67.2 cm³/mol. The highest BCUT2D eigenvalue weighted by Crippen LogP contribution is 2.26. The van der Waals surface area contributed by atoms with Crippen molar-refractivity contribution in [1.82, 2.24) is 0 Å². The zero-order chi connectivity index (χ0) is 10.6. The maximum atomic E-state index is 3.61. The number of aryl methyl sites for hydroxylation is 1. The van der Waals surface area contributed by atoms with Crippen molar-refractivity contribution in [1.29, 1.82) is 0 Å². The summed E-state index contributed by atoms with van der Waals surface area (Å²) >= 11 is 3.61. The van der Waals surface area contributed by atoms with Crippen LogP contribution in [0.5, 0.6) is 0 Å². The fourth-order valence-electron chi connectivity index (χ4n) is 1.78. The lowest BCUT2D eigenvalue weighted by atomic mass is 9.91. The summed E-state index contributed by atoms with van der Waals surface area (Å²) in [6.07, 6.45) is 1.26. The van der Waals surface area contributed by atoms with Gasteiger partial charge in [0.2, 0.25) is 0 Å². The molecule has 0 fully saturated rings.